The van der Waals surface area contributed by atoms with Crippen LogP contribution in [0.5, 0.6) is 0 Å². The molecule has 0 amide bonds. The van der Waals surface area contributed by atoms with E-state index in [9.17, 15) is 8.78 Å². The number of rotatable bonds is 5. The van der Waals surface area contributed by atoms with E-state index in [1.807, 2.05) is 13.0 Å². The molecule has 0 bridgehead atoms. The molecule has 1 N–H and O–H groups in total. The number of benzene rings is 2. The quantitative estimate of drug-likeness (QED) is 0.795. The van der Waals surface area contributed by atoms with E-state index in [1.165, 1.54) is 12.1 Å². The summed E-state index contributed by atoms with van der Waals surface area (Å²) >= 11 is 0. The van der Waals surface area contributed by atoms with Crippen molar-refractivity contribution in [3.05, 3.63) is 59.2 Å². The molecule has 20 heavy (non-hydrogen) atoms. The normalized spacial score (nSPS) is 10.8. The van der Waals surface area contributed by atoms with E-state index in [-0.39, 0.29) is 5.82 Å². The van der Waals surface area contributed by atoms with Crippen LogP contribution in [0.4, 0.5) is 8.78 Å². The molecule has 0 spiro atoms. The van der Waals surface area contributed by atoms with Crippen molar-refractivity contribution in [1.82, 2.24) is 5.32 Å². The van der Waals surface area contributed by atoms with Crippen LogP contribution >= 0.6 is 0 Å². The van der Waals surface area contributed by atoms with Crippen molar-refractivity contribution >= 4 is 0 Å². The molecule has 0 aliphatic rings. The van der Waals surface area contributed by atoms with E-state index < -0.39 is 5.82 Å². The maximum Gasteiger partial charge on any atom is 0.131 e. The lowest BCUT2D eigenvalue weighted by Crippen LogP contribution is -2.13. The summed E-state index contributed by atoms with van der Waals surface area (Å²) in [6.45, 7) is 5.47. The Morgan fingerprint density at radius 1 is 0.950 bits per heavy atom. The summed E-state index contributed by atoms with van der Waals surface area (Å²) in [6, 6.07) is 9.68. The second kappa shape index (κ2) is 6.62. The van der Waals surface area contributed by atoms with Crippen LogP contribution < -0.4 is 5.32 Å². The van der Waals surface area contributed by atoms with Crippen molar-refractivity contribution in [3.8, 4) is 11.1 Å². The molecule has 0 heterocycles. The van der Waals surface area contributed by atoms with Gasteiger partial charge >= 0.3 is 0 Å². The molecule has 2 aromatic carbocycles. The second-order valence-electron chi connectivity index (χ2n) is 4.97. The van der Waals surface area contributed by atoms with Crippen molar-refractivity contribution in [2.75, 3.05) is 6.54 Å². The maximum absolute atomic E-state index is 14.2. The predicted molar refractivity (Wildman–Crippen MR) is 78.5 cm³/mol. The molecule has 0 aromatic heterocycles. The molecule has 2 aromatic rings. The van der Waals surface area contributed by atoms with E-state index in [0.29, 0.717) is 17.7 Å². The highest BCUT2D eigenvalue weighted by Gasteiger charge is 2.10. The number of aryl methyl sites for hydroxylation is 1. The van der Waals surface area contributed by atoms with Gasteiger partial charge in [-0.25, -0.2) is 8.78 Å². The second-order valence-corrected chi connectivity index (χ2v) is 4.97. The zero-order chi connectivity index (χ0) is 14.5. The third kappa shape index (κ3) is 3.42. The lowest BCUT2D eigenvalue weighted by atomic mass is 10.0. The van der Waals surface area contributed by atoms with Crippen molar-refractivity contribution in [3.63, 3.8) is 0 Å². The first-order chi connectivity index (χ1) is 9.61. The highest BCUT2D eigenvalue weighted by molar-refractivity contribution is 5.66. The number of hydrogen-bond acceptors (Lipinski definition) is 1. The van der Waals surface area contributed by atoms with E-state index in [1.54, 1.807) is 18.2 Å². The largest absolute Gasteiger partial charge is 0.313 e. The topological polar surface area (TPSA) is 12.0 Å². The summed E-state index contributed by atoms with van der Waals surface area (Å²) in [6.07, 6.45) is 1.04. The van der Waals surface area contributed by atoms with Gasteiger partial charge in [0.05, 0.1) is 0 Å². The predicted octanol–water partition coefficient (Wildman–Crippen LogP) is 4.44. The summed E-state index contributed by atoms with van der Waals surface area (Å²) in [5, 5.41) is 3.22. The molecule has 0 unspecified atom stereocenters. The van der Waals surface area contributed by atoms with E-state index in [2.05, 4.69) is 12.2 Å². The number of nitrogens with one attached hydrogen (secondary N) is 1. The van der Waals surface area contributed by atoms with Gasteiger partial charge in [-0.05, 0) is 43.7 Å². The Hall–Kier alpha value is -1.74. The van der Waals surface area contributed by atoms with Crippen molar-refractivity contribution in [1.29, 1.82) is 0 Å². The molecule has 1 nitrogen and oxygen atoms in total. The Kier molecular flexibility index (Phi) is 4.85. The first kappa shape index (κ1) is 14.7. The van der Waals surface area contributed by atoms with Gasteiger partial charge in [-0.2, -0.15) is 0 Å². The van der Waals surface area contributed by atoms with Crippen molar-refractivity contribution in [2.24, 2.45) is 0 Å². The summed E-state index contributed by atoms with van der Waals surface area (Å²) in [5.41, 5.74) is 2.41. The molecular formula is C17H19F2N. The fourth-order valence-corrected chi connectivity index (χ4v) is 2.14. The monoisotopic (exact) mass is 275 g/mol. The number of halogens is 2. The SMILES string of the molecule is CCCNCc1ccc(-c2cc(C)ccc2F)c(F)c1. The molecule has 0 aliphatic heterocycles. The molecule has 0 aliphatic carbocycles. The third-order valence-electron chi connectivity index (χ3n) is 3.20. The fourth-order valence-electron chi connectivity index (χ4n) is 2.14. The zero-order valence-electron chi connectivity index (χ0n) is 11.8. The van der Waals surface area contributed by atoms with Crippen LogP contribution in [0.15, 0.2) is 36.4 Å². The highest BCUT2D eigenvalue weighted by atomic mass is 19.1. The zero-order valence-corrected chi connectivity index (χ0v) is 11.8. The van der Waals surface area contributed by atoms with Gasteiger partial charge in [-0.3, -0.25) is 0 Å². The van der Waals surface area contributed by atoms with Gasteiger partial charge in [0.1, 0.15) is 11.6 Å². The van der Waals surface area contributed by atoms with Gasteiger partial charge in [0.2, 0.25) is 0 Å². The Morgan fingerprint density at radius 2 is 1.75 bits per heavy atom. The molecular weight excluding hydrogens is 256 g/mol. The van der Waals surface area contributed by atoms with E-state index >= 15 is 0 Å². The summed E-state index contributed by atoms with van der Waals surface area (Å²) in [5.74, 6) is -0.781. The number of hydrogen-bond donors (Lipinski definition) is 1. The van der Waals surface area contributed by atoms with Gasteiger partial charge in [-0.15, -0.1) is 0 Å². The summed E-state index contributed by atoms with van der Waals surface area (Å²) < 4.78 is 28.0. The van der Waals surface area contributed by atoms with E-state index in [0.717, 1.165) is 24.1 Å². The van der Waals surface area contributed by atoms with Crippen LogP contribution in [0, 0.1) is 18.6 Å². The average molecular weight is 275 g/mol. The molecule has 0 atom stereocenters. The van der Waals surface area contributed by atoms with Gasteiger partial charge in [0, 0.05) is 17.7 Å². The molecule has 3 heteroatoms. The molecule has 106 valence electrons. The van der Waals surface area contributed by atoms with Crippen LogP contribution in [-0.4, -0.2) is 6.54 Å². The molecule has 0 saturated heterocycles. The fraction of sp³-hybridized carbons (Fsp3) is 0.294. The average Bonchev–Trinajstić information content (AvgIpc) is 2.42. The Balaban J connectivity index is 2.27. The minimum atomic E-state index is -0.397. The van der Waals surface area contributed by atoms with Crippen molar-refractivity contribution in [2.45, 2.75) is 26.8 Å². The molecule has 2 rings (SSSR count). The first-order valence-electron chi connectivity index (χ1n) is 6.87. The van der Waals surface area contributed by atoms with E-state index in [4.69, 9.17) is 0 Å². The van der Waals surface area contributed by atoms with Gasteiger partial charge < -0.3 is 5.32 Å². The lowest BCUT2D eigenvalue weighted by Gasteiger charge is -2.09. The summed E-state index contributed by atoms with van der Waals surface area (Å²) in [7, 11) is 0. The van der Waals surface area contributed by atoms with Gasteiger partial charge in [0.25, 0.3) is 0 Å². The molecule has 0 radical (unpaired) electrons. The van der Waals surface area contributed by atoms with Gasteiger partial charge in [-0.1, -0.05) is 30.7 Å². The first-order valence-corrected chi connectivity index (χ1v) is 6.87. The standard InChI is InChI=1S/C17H19F2N/c1-3-8-20-11-13-5-6-14(17(19)10-13)15-9-12(2)4-7-16(15)18/h4-7,9-10,20H,3,8,11H2,1-2H3. The maximum atomic E-state index is 14.2. The molecule has 0 fully saturated rings. The molecule has 0 saturated carbocycles. The van der Waals surface area contributed by atoms with Crippen LogP contribution in [0.25, 0.3) is 11.1 Å². The minimum Gasteiger partial charge on any atom is -0.313 e. The lowest BCUT2D eigenvalue weighted by molar-refractivity contribution is 0.611. The minimum absolute atomic E-state index is 0.311. The van der Waals surface area contributed by atoms with Crippen LogP contribution in [0.3, 0.4) is 0 Å². The summed E-state index contributed by atoms with van der Waals surface area (Å²) in [4.78, 5) is 0. The highest BCUT2D eigenvalue weighted by Crippen LogP contribution is 2.27. The Morgan fingerprint density at radius 3 is 2.45 bits per heavy atom. The van der Waals surface area contributed by atoms with Crippen LogP contribution in [0.1, 0.15) is 24.5 Å². The Bertz CT molecular complexity index is 594. The van der Waals surface area contributed by atoms with Crippen LogP contribution in [0.2, 0.25) is 0 Å². The van der Waals surface area contributed by atoms with Crippen molar-refractivity contribution < 1.29 is 8.78 Å². The third-order valence-corrected chi connectivity index (χ3v) is 3.20. The smallest absolute Gasteiger partial charge is 0.131 e. The Labute approximate surface area is 118 Å². The van der Waals surface area contributed by atoms with Crippen LogP contribution in [-0.2, 0) is 6.54 Å². The van der Waals surface area contributed by atoms with Gasteiger partial charge in [0.15, 0.2) is 0 Å².